The number of hydrogen-bond donors (Lipinski definition) is 4. The van der Waals surface area contributed by atoms with E-state index in [0.29, 0.717) is 50.8 Å². The van der Waals surface area contributed by atoms with Crippen LogP contribution in [-0.4, -0.2) is 106 Å². The number of alkyl carbamates (subject to hydrolysis) is 1. The second-order valence-electron chi connectivity index (χ2n) is 17.4. The Balaban J connectivity index is 1.19. The Kier molecular flexibility index (Phi) is 11.5. The number of carboxylic acid groups (broad SMARTS) is 1. The number of benzene rings is 1. The van der Waals surface area contributed by atoms with Gasteiger partial charge in [0.25, 0.3) is 0 Å². The Morgan fingerprint density at radius 3 is 2.44 bits per heavy atom. The summed E-state index contributed by atoms with van der Waals surface area (Å²) in [5.74, 6) is -1.49. The van der Waals surface area contributed by atoms with E-state index in [1.165, 1.54) is 29.4 Å². The molecule has 0 bridgehead atoms. The number of fused-ring (bicyclic) bond motifs is 2. The summed E-state index contributed by atoms with van der Waals surface area (Å²) in [6.45, 7) is 12.8. The van der Waals surface area contributed by atoms with Gasteiger partial charge in [0, 0.05) is 41.3 Å². The van der Waals surface area contributed by atoms with Gasteiger partial charge in [-0.25, -0.2) is 24.4 Å². The van der Waals surface area contributed by atoms with Gasteiger partial charge in [0.1, 0.15) is 47.0 Å². The quantitative estimate of drug-likeness (QED) is 0.115. The van der Waals surface area contributed by atoms with Crippen LogP contribution in [0.25, 0.3) is 22.3 Å². The summed E-state index contributed by atoms with van der Waals surface area (Å²) in [4.78, 5) is 77.4. The minimum Gasteiger partial charge on any atom is -0.488 e. The monoisotopic (exact) mass is 832 g/mol. The molecule has 1 aromatic carbocycles. The van der Waals surface area contributed by atoms with Crippen molar-refractivity contribution < 1.29 is 48.0 Å². The van der Waals surface area contributed by atoms with Gasteiger partial charge in [-0.2, -0.15) is 0 Å². The maximum Gasteiger partial charge on any atom is 0.408 e. The standard InChI is InChI=1S/C42H52N6O10S/c1-8-24-17-42(24,38(52)53)47-36(50)32-15-27(18-48(32)37(51)35(41(4,5)6)46-40(54)58-26-12-22-11-23(22)13-26)57-33-16-30(31-20-59-39(45-31)43-21(2)3)44-29-14-25(9-10-28(29)33)56-19-34(49)55-7/h8-10,14,16,20-24,26-27,32,35H,1,11-13,15,17-19H2,2-7H3,(H,43,45)(H,46,54)(H,47,50)(H,52,53)/t22-,23+,24?,26?,27-,32?,35?,42-/m1/s1. The normalized spacial score (nSPS) is 26.1. The average molecular weight is 833 g/mol. The molecule has 16 nitrogen and oxygen atoms in total. The SMILES string of the molecule is C=CC1C[C@]1(NC(=O)C1C[C@@H](Oc2cc(-c3csc(NC(C)C)n3)nc3cc(OCC(=O)OC)ccc23)CN1C(=O)C(NC(=O)OC1C[C@@H]2C[C@@H]2C1)C(C)(C)C)C(=O)O. The van der Waals surface area contributed by atoms with Gasteiger partial charge in [-0.3, -0.25) is 9.59 Å². The molecule has 316 valence electrons. The van der Waals surface area contributed by atoms with Crippen LogP contribution in [0.3, 0.4) is 0 Å². The van der Waals surface area contributed by atoms with E-state index in [0.717, 1.165) is 19.3 Å². The summed E-state index contributed by atoms with van der Waals surface area (Å²) < 4.78 is 22.8. The number of ether oxygens (including phenoxy) is 4. The number of aromatic nitrogens is 2. The molecular weight excluding hydrogens is 781 g/mol. The highest BCUT2D eigenvalue weighted by atomic mass is 32.1. The van der Waals surface area contributed by atoms with Gasteiger partial charge in [0.2, 0.25) is 11.8 Å². The molecule has 59 heavy (non-hydrogen) atoms. The Hall–Kier alpha value is -5.45. The number of nitrogens with one attached hydrogen (secondary N) is 3. The maximum atomic E-state index is 14.7. The van der Waals surface area contributed by atoms with Crippen molar-refractivity contribution >= 4 is 57.2 Å². The summed E-state index contributed by atoms with van der Waals surface area (Å²) in [6.07, 6.45) is 2.78. The first kappa shape index (κ1) is 41.7. The van der Waals surface area contributed by atoms with Crippen LogP contribution in [0.4, 0.5) is 9.93 Å². The number of aliphatic carboxylic acids is 1. The molecule has 4 N–H and O–H groups in total. The molecule has 3 aliphatic carbocycles. The summed E-state index contributed by atoms with van der Waals surface area (Å²) in [6, 6.07) is 4.72. The average Bonchev–Trinajstić information content (AvgIpc) is 3.85. The van der Waals surface area contributed by atoms with E-state index in [9.17, 15) is 29.1 Å². The molecule has 0 spiro atoms. The van der Waals surface area contributed by atoms with Crippen LogP contribution >= 0.6 is 11.3 Å². The molecule has 4 unspecified atom stereocenters. The smallest absolute Gasteiger partial charge is 0.408 e. The highest BCUT2D eigenvalue weighted by molar-refractivity contribution is 7.14. The number of thiazole rings is 1. The number of hydrogen-bond acceptors (Lipinski definition) is 13. The van der Waals surface area contributed by atoms with Crippen LogP contribution in [0, 0.1) is 23.2 Å². The zero-order valence-electron chi connectivity index (χ0n) is 34.1. The van der Waals surface area contributed by atoms with Crippen LogP contribution in [0.1, 0.15) is 66.7 Å². The van der Waals surface area contributed by atoms with Crippen molar-refractivity contribution in [1.82, 2.24) is 25.5 Å². The van der Waals surface area contributed by atoms with Crippen molar-refractivity contribution in [2.75, 3.05) is 25.6 Å². The molecule has 3 amide bonds. The number of pyridine rings is 1. The van der Waals surface area contributed by atoms with Crippen molar-refractivity contribution in [2.45, 2.75) is 103 Å². The van der Waals surface area contributed by atoms with Crippen molar-refractivity contribution in [3.63, 3.8) is 0 Å². The number of rotatable bonds is 15. The third-order valence-electron chi connectivity index (χ3n) is 11.5. The lowest BCUT2D eigenvalue weighted by atomic mass is 9.85. The molecule has 3 saturated carbocycles. The number of carbonyl (C=O) groups excluding carboxylic acids is 4. The third-order valence-corrected chi connectivity index (χ3v) is 12.3. The number of methoxy groups -OCH3 is 1. The van der Waals surface area contributed by atoms with E-state index in [4.69, 9.17) is 28.9 Å². The van der Waals surface area contributed by atoms with E-state index >= 15 is 0 Å². The zero-order chi connectivity index (χ0) is 42.4. The van der Waals surface area contributed by atoms with Crippen LogP contribution < -0.4 is 25.4 Å². The van der Waals surface area contributed by atoms with Gasteiger partial charge < -0.3 is 44.9 Å². The largest absolute Gasteiger partial charge is 0.488 e. The molecule has 3 aromatic rings. The lowest BCUT2D eigenvalue weighted by Crippen LogP contribution is -2.59. The fourth-order valence-electron chi connectivity index (χ4n) is 8.15. The van der Waals surface area contributed by atoms with E-state index in [-0.39, 0.29) is 38.1 Å². The summed E-state index contributed by atoms with van der Waals surface area (Å²) in [5.41, 5.74) is -0.822. The van der Waals surface area contributed by atoms with Gasteiger partial charge in [0.15, 0.2) is 11.7 Å². The number of likely N-dealkylation sites (tertiary alicyclic amines) is 1. The van der Waals surface area contributed by atoms with Crippen LogP contribution in [-0.2, 0) is 28.7 Å². The van der Waals surface area contributed by atoms with Crippen molar-refractivity contribution in [1.29, 1.82) is 0 Å². The number of amides is 3. The van der Waals surface area contributed by atoms with Crippen molar-refractivity contribution in [2.24, 2.45) is 23.2 Å². The third kappa shape index (κ3) is 9.09. The first-order valence-corrected chi connectivity index (χ1v) is 20.8. The lowest BCUT2D eigenvalue weighted by Gasteiger charge is -2.35. The number of esters is 1. The molecular formula is C42H52N6O10S. The molecule has 1 aliphatic heterocycles. The van der Waals surface area contributed by atoms with Gasteiger partial charge in [-0.1, -0.05) is 26.8 Å². The summed E-state index contributed by atoms with van der Waals surface area (Å²) in [5, 5.41) is 22.1. The van der Waals surface area contributed by atoms with Gasteiger partial charge in [0.05, 0.1) is 24.9 Å². The van der Waals surface area contributed by atoms with Crippen molar-refractivity contribution in [3.05, 3.63) is 42.3 Å². The maximum absolute atomic E-state index is 14.7. The van der Waals surface area contributed by atoms with Crippen LogP contribution in [0.15, 0.2) is 42.3 Å². The Labute approximate surface area is 346 Å². The number of nitrogens with zero attached hydrogens (tertiary/aromatic N) is 3. The number of carbonyl (C=O) groups is 5. The van der Waals surface area contributed by atoms with E-state index in [1.54, 1.807) is 24.3 Å². The van der Waals surface area contributed by atoms with Crippen LogP contribution in [0.5, 0.6) is 11.5 Å². The first-order chi connectivity index (χ1) is 28.0. The van der Waals surface area contributed by atoms with Crippen molar-refractivity contribution in [3.8, 4) is 22.9 Å². The highest BCUT2D eigenvalue weighted by Crippen LogP contribution is 2.52. The second-order valence-corrected chi connectivity index (χ2v) is 18.2. The molecule has 0 radical (unpaired) electrons. The topological polar surface area (TPSA) is 208 Å². The molecule has 4 fully saturated rings. The molecule has 8 atom stereocenters. The van der Waals surface area contributed by atoms with Gasteiger partial charge >= 0.3 is 18.0 Å². The number of anilines is 1. The fourth-order valence-corrected chi connectivity index (χ4v) is 9.00. The predicted octanol–water partition coefficient (Wildman–Crippen LogP) is 5.16. The Bertz CT molecular complexity index is 2140. The second kappa shape index (κ2) is 16.3. The van der Waals surface area contributed by atoms with Gasteiger partial charge in [-0.15, -0.1) is 17.9 Å². The summed E-state index contributed by atoms with van der Waals surface area (Å²) in [7, 11) is 1.27. The number of carboxylic acids is 1. The summed E-state index contributed by atoms with van der Waals surface area (Å²) >= 11 is 1.42. The molecule has 3 heterocycles. The van der Waals surface area contributed by atoms with Gasteiger partial charge in [-0.05, 0) is 68.9 Å². The molecule has 7 rings (SSSR count). The first-order valence-electron chi connectivity index (χ1n) is 20.0. The Morgan fingerprint density at radius 2 is 1.80 bits per heavy atom. The lowest BCUT2D eigenvalue weighted by molar-refractivity contribution is -0.146. The molecule has 17 heteroatoms. The van der Waals surface area contributed by atoms with E-state index in [2.05, 4.69) is 22.5 Å². The van der Waals surface area contributed by atoms with Crippen LogP contribution in [0.2, 0.25) is 0 Å². The molecule has 4 aliphatic rings. The Morgan fingerprint density at radius 1 is 1.05 bits per heavy atom. The zero-order valence-corrected chi connectivity index (χ0v) is 34.9. The predicted molar refractivity (Wildman–Crippen MR) is 218 cm³/mol. The van der Waals surface area contributed by atoms with E-state index < -0.39 is 64.9 Å². The minimum atomic E-state index is -1.54. The molecule has 2 aromatic heterocycles. The van der Waals surface area contributed by atoms with E-state index in [1.807, 2.05) is 40.0 Å². The fraction of sp³-hybridized carbons (Fsp3) is 0.548. The minimum absolute atomic E-state index is 0.0107. The highest BCUT2D eigenvalue weighted by Gasteiger charge is 2.61. The molecule has 1 saturated heterocycles.